The maximum atomic E-state index is 12.4. The number of nitrogens with zero attached hydrogens (tertiary/aromatic N) is 1. The quantitative estimate of drug-likeness (QED) is 0.687. The SMILES string of the molecule is O=C(CCc1nc2ccccc2s1)NCc1ccccc1OC(F)F. The lowest BCUT2D eigenvalue weighted by molar-refractivity contribution is -0.121. The highest BCUT2D eigenvalue weighted by molar-refractivity contribution is 7.18. The number of carbonyl (C=O) groups is 1. The van der Waals surface area contributed by atoms with E-state index in [2.05, 4.69) is 15.0 Å². The number of thiazole rings is 1. The van der Waals surface area contributed by atoms with Gasteiger partial charge in [-0.25, -0.2) is 4.98 Å². The molecule has 0 saturated carbocycles. The lowest BCUT2D eigenvalue weighted by Gasteiger charge is -2.11. The van der Waals surface area contributed by atoms with Crippen molar-refractivity contribution >= 4 is 27.5 Å². The van der Waals surface area contributed by atoms with E-state index in [-0.39, 0.29) is 24.6 Å². The molecule has 1 heterocycles. The maximum absolute atomic E-state index is 12.4. The molecule has 0 aliphatic rings. The molecule has 0 spiro atoms. The summed E-state index contributed by atoms with van der Waals surface area (Å²) in [6.07, 6.45) is 0.831. The summed E-state index contributed by atoms with van der Waals surface area (Å²) in [5.74, 6) is -0.0879. The first-order valence-electron chi connectivity index (χ1n) is 7.75. The standard InChI is InChI=1S/C18H16F2N2O2S/c19-18(20)24-14-7-3-1-5-12(14)11-21-16(23)9-10-17-22-13-6-2-4-8-15(13)25-17/h1-8,18H,9-11H2,(H,21,23). The Morgan fingerprint density at radius 3 is 2.72 bits per heavy atom. The highest BCUT2D eigenvalue weighted by Gasteiger charge is 2.11. The molecule has 4 nitrogen and oxygen atoms in total. The Balaban J connectivity index is 1.53. The van der Waals surface area contributed by atoms with Crippen molar-refractivity contribution in [3.05, 3.63) is 59.1 Å². The first-order valence-corrected chi connectivity index (χ1v) is 8.57. The van der Waals surface area contributed by atoms with Gasteiger partial charge in [0.1, 0.15) is 5.75 Å². The minimum atomic E-state index is -2.89. The molecule has 2 aromatic carbocycles. The van der Waals surface area contributed by atoms with Crippen molar-refractivity contribution in [1.29, 1.82) is 0 Å². The third-order valence-corrected chi connectivity index (χ3v) is 4.66. The lowest BCUT2D eigenvalue weighted by atomic mass is 10.2. The average Bonchev–Trinajstić information content (AvgIpc) is 3.01. The van der Waals surface area contributed by atoms with E-state index in [1.165, 1.54) is 6.07 Å². The van der Waals surface area contributed by atoms with Crippen molar-refractivity contribution in [2.24, 2.45) is 0 Å². The summed E-state index contributed by atoms with van der Waals surface area (Å²) in [5.41, 5.74) is 1.44. The Bertz CT molecular complexity index is 834. The van der Waals surface area contributed by atoms with Crippen LogP contribution >= 0.6 is 11.3 Å². The van der Waals surface area contributed by atoms with Gasteiger partial charge in [-0.05, 0) is 18.2 Å². The van der Waals surface area contributed by atoms with Gasteiger partial charge >= 0.3 is 6.61 Å². The zero-order valence-electron chi connectivity index (χ0n) is 13.2. The van der Waals surface area contributed by atoms with Gasteiger partial charge in [-0.15, -0.1) is 11.3 Å². The summed E-state index contributed by atoms with van der Waals surface area (Å²) < 4.78 is 30.3. The van der Waals surface area contributed by atoms with Gasteiger partial charge in [-0.2, -0.15) is 8.78 Å². The highest BCUT2D eigenvalue weighted by Crippen LogP contribution is 2.23. The molecular formula is C18H16F2N2O2S. The topological polar surface area (TPSA) is 51.2 Å². The number of ether oxygens (including phenoxy) is 1. The number of fused-ring (bicyclic) bond motifs is 1. The van der Waals surface area contributed by atoms with Crippen LogP contribution in [0.5, 0.6) is 5.75 Å². The monoisotopic (exact) mass is 362 g/mol. The van der Waals surface area contributed by atoms with E-state index in [9.17, 15) is 13.6 Å². The second-order valence-corrected chi connectivity index (χ2v) is 6.45. The van der Waals surface area contributed by atoms with E-state index in [4.69, 9.17) is 0 Å². The summed E-state index contributed by atoms with van der Waals surface area (Å²) in [4.78, 5) is 16.5. The fourth-order valence-corrected chi connectivity index (χ4v) is 3.36. The van der Waals surface area contributed by atoms with E-state index < -0.39 is 6.61 Å². The van der Waals surface area contributed by atoms with Crippen LogP contribution in [0, 0.1) is 0 Å². The third-order valence-electron chi connectivity index (χ3n) is 3.57. The zero-order valence-corrected chi connectivity index (χ0v) is 14.1. The van der Waals surface area contributed by atoms with E-state index in [0.717, 1.165) is 15.2 Å². The summed E-state index contributed by atoms with van der Waals surface area (Å²) >= 11 is 1.57. The van der Waals surface area contributed by atoms with Crippen LogP contribution in [0.25, 0.3) is 10.2 Å². The average molecular weight is 362 g/mol. The van der Waals surface area contributed by atoms with Crippen molar-refractivity contribution in [2.75, 3.05) is 0 Å². The van der Waals surface area contributed by atoms with Crippen LogP contribution in [0.1, 0.15) is 17.0 Å². The van der Waals surface area contributed by atoms with Gasteiger partial charge in [-0.3, -0.25) is 4.79 Å². The highest BCUT2D eigenvalue weighted by atomic mass is 32.1. The van der Waals surface area contributed by atoms with Gasteiger partial charge in [0.25, 0.3) is 0 Å². The number of hydrogen-bond donors (Lipinski definition) is 1. The summed E-state index contributed by atoms with van der Waals surface area (Å²) in [6, 6.07) is 14.2. The summed E-state index contributed by atoms with van der Waals surface area (Å²) in [5, 5.41) is 3.63. The van der Waals surface area contributed by atoms with E-state index in [0.29, 0.717) is 12.0 Å². The smallest absolute Gasteiger partial charge is 0.387 e. The fraction of sp³-hybridized carbons (Fsp3) is 0.222. The van der Waals surface area contributed by atoms with E-state index in [1.807, 2.05) is 24.3 Å². The fourth-order valence-electron chi connectivity index (χ4n) is 2.39. The first-order chi connectivity index (χ1) is 12.1. The number of benzene rings is 2. The lowest BCUT2D eigenvalue weighted by Crippen LogP contribution is -2.23. The van der Waals surface area contributed by atoms with Crippen molar-refractivity contribution in [1.82, 2.24) is 10.3 Å². The molecule has 0 bridgehead atoms. The largest absolute Gasteiger partial charge is 0.434 e. The number of amides is 1. The molecular weight excluding hydrogens is 346 g/mol. The van der Waals surface area contributed by atoms with Crippen LogP contribution in [0.3, 0.4) is 0 Å². The van der Waals surface area contributed by atoms with Crippen molar-refractivity contribution in [3.8, 4) is 5.75 Å². The predicted molar refractivity (Wildman–Crippen MR) is 92.9 cm³/mol. The molecule has 25 heavy (non-hydrogen) atoms. The van der Waals surface area contributed by atoms with Gasteiger partial charge in [-0.1, -0.05) is 30.3 Å². The number of carbonyl (C=O) groups excluding carboxylic acids is 1. The molecule has 1 N–H and O–H groups in total. The van der Waals surface area contributed by atoms with Crippen LogP contribution in [0.15, 0.2) is 48.5 Å². The first kappa shape index (κ1) is 17.3. The minimum absolute atomic E-state index is 0.0731. The third kappa shape index (κ3) is 4.73. The van der Waals surface area contributed by atoms with Gasteiger partial charge in [0, 0.05) is 24.9 Å². The molecule has 0 saturated heterocycles. The van der Waals surface area contributed by atoms with Crippen molar-refractivity contribution in [2.45, 2.75) is 26.0 Å². The number of aromatic nitrogens is 1. The van der Waals surface area contributed by atoms with Crippen LogP contribution < -0.4 is 10.1 Å². The molecule has 130 valence electrons. The number of alkyl halides is 2. The molecule has 3 rings (SSSR count). The second-order valence-electron chi connectivity index (χ2n) is 5.34. The molecule has 7 heteroatoms. The molecule has 0 radical (unpaired) electrons. The van der Waals surface area contributed by atoms with Crippen molar-refractivity contribution in [3.63, 3.8) is 0 Å². The minimum Gasteiger partial charge on any atom is -0.434 e. The molecule has 0 aliphatic carbocycles. The number of para-hydroxylation sites is 2. The van der Waals surface area contributed by atoms with Gasteiger partial charge in [0.2, 0.25) is 5.91 Å². The van der Waals surface area contributed by atoms with E-state index >= 15 is 0 Å². The number of aryl methyl sites for hydroxylation is 1. The van der Waals surface area contributed by atoms with Crippen LogP contribution in [0.2, 0.25) is 0 Å². The molecule has 0 fully saturated rings. The molecule has 3 aromatic rings. The van der Waals surface area contributed by atoms with Gasteiger partial charge < -0.3 is 10.1 Å². The van der Waals surface area contributed by atoms with Gasteiger partial charge in [0.05, 0.1) is 15.2 Å². The molecule has 0 atom stereocenters. The number of hydrogen-bond acceptors (Lipinski definition) is 4. The van der Waals surface area contributed by atoms with E-state index in [1.54, 1.807) is 29.5 Å². The zero-order chi connectivity index (χ0) is 17.6. The van der Waals surface area contributed by atoms with Crippen LogP contribution in [0.4, 0.5) is 8.78 Å². The Morgan fingerprint density at radius 2 is 1.92 bits per heavy atom. The van der Waals surface area contributed by atoms with Crippen LogP contribution in [-0.4, -0.2) is 17.5 Å². The Kier molecular flexibility index (Phi) is 5.55. The van der Waals surface area contributed by atoms with Crippen LogP contribution in [-0.2, 0) is 17.8 Å². The predicted octanol–water partition coefficient (Wildman–Crippen LogP) is 4.15. The number of rotatable bonds is 7. The Morgan fingerprint density at radius 1 is 1.16 bits per heavy atom. The maximum Gasteiger partial charge on any atom is 0.387 e. The number of nitrogens with one attached hydrogen (secondary N) is 1. The Hall–Kier alpha value is -2.54. The number of halogens is 2. The molecule has 0 unspecified atom stereocenters. The molecule has 1 amide bonds. The molecule has 1 aromatic heterocycles. The summed E-state index contributed by atoms with van der Waals surface area (Å²) in [6.45, 7) is -2.75. The van der Waals surface area contributed by atoms with Crippen molar-refractivity contribution < 1.29 is 18.3 Å². The normalized spacial score (nSPS) is 11.0. The Labute approximate surface area is 147 Å². The van der Waals surface area contributed by atoms with Gasteiger partial charge in [0.15, 0.2) is 0 Å². The molecule has 0 aliphatic heterocycles. The summed E-state index contributed by atoms with van der Waals surface area (Å²) in [7, 11) is 0. The second kappa shape index (κ2) is 8.02.